The number of esters is 2. The molecular formula is C24H36Br2O4. The van der Waals surface area contributed by atoms with E-state index in [2.05, 4.69) is 65.6 Å². The zero-order valence-electron chi connectivity index (χ0n) is 19.1. The number of fused-ring (bicyclic) bond motifs is 3. The van der Waals surface area contributed by atoms with Crippen molar-refractivity contribution in [1.82, 2.24) is 0 Å². The molecule has 0 radical (unpaired) electrons. The molecule has 2 saturated carbocycles. The van der Waals surface area contributed by atoms with Crippen LogP contribution in [-0.2, 0) is 19.1 Å². The maximum atomic E-state index is 12.0. The van der Waals surface area contributed by atoms with Crippen LogP contribution in [0.15, 0.2) is 11.6 Å². The van der Waals surface area contributed by atoms with Crippen LogP contribution in [0.4, 0.5) is 0 Å². The van der Waals surface area contributed by atoms with E-state index >= 15 is 0 Å². The SMILES string of the molecule is CC(=O)OCC(Br)[C@]1(C)CC=C2[C@H](C1)[C@@H](OC(C)=O)C[C@H]1C(C)(C)[C@@H](Br)CC[C@]21C. The summed E-state index contributed by atoms with van der Waals surface area (Å²) in [5.74, 6) is 0.221. The van der Waals surface area contributed by atoms with Crippen molar-refractivity contribution in [2.75, 3.05) is 6.61 Å². The van der Waals surface area contributed by atoms with Gasteiger partial charge in [0.25, 0.3) is 0 Å². The van der Waals surface area contributed by atoms with E-state index in [-0.39, 0.29) is 45.0 Å². The van der Waals surface area contributed by atoms with Gasteiger partial charge in [-0.3, -0.25) is 9.59 Å². The Labute approximate surface area is 198 Å². The van der Waals surface area contributed by atoms with Gasteiger partial charge in [0.2, 0.25) is 0 Å². The number of hydrogen-bond donors (Lipinski definition) is 0. The van der Waals surface area contributed by atoms with Gasteiger partial charge in [-0.25, -0.2) is 0 Å². The molecule has 0 heterocycles. The molecule has 3 aliphatic rings. The van der Waals surface area contributed by atoms with Crippen LogP contribution in [0.5, 0.6) is 0 Å². The van der Waals surface area contributed by atoms with Crippen LogP contribution in [0.2, 0.25) is 0 Å². The van der Waals surface area contributed by atoms with Gasteiger partial charge in [0, 0.05) is 24.6 Å². The summed E-state index contributed by atoms with van der Waals surface area (Å²) < 4.78 is 11.3. The van der Waals surface area contributed by atoms with Gasteiger partial charge >= 0.3 is 11.9 Å². The summed E-state index contributed by atoms with van der Waals surface area (Å²) in [6.07, 6.45) is 7.42. The van der Waals surface area contributed by atoms with E-state index in [1.165, 1.54) is 19.4 Å². The maximum absolute atomic E-state index is 12.0. The summed E-state index contributed by atoms with van der Waals surface area (Å²) in [6, 6.07) is 0. The highest BCUT2D eigenvalue weighted by molar-refractivity contribution is 9.09. The van der Waals surface area contributed by atoms with Crippen LogP contribution in [0, 0.1) is 28.1 Å². The van der Waals surface area contributed by atoms with Crippen molar-refractivity contribution >= 4 is 43.8 Å². The summed E-state index contributed by atoms with van der Waals surface area (Å²) in [6.45, 7) is 12.7. The Balaban J connectivity index is 1.96. The molecule has 170 valence electrons. The van der Waals surface area contributed by atoms with Gasteiger partial charge in [-0.2, -0.15) is 0 Å². The lowest BCUT2D eigenvalue weighted by atomic mass is 9.45. The second-order valence-electron chi connectivity index (χ2n) is 10.8. The fourth-order valence-electron chi connectivity index (χ4n) is 6.49. The molecule has 7 atom stereocenters. The van der Waals surface area contributed by atoms with Gasteiger partial charge < -0.3 is 9.47 Å². The Morgan fingerprint density at radius 2 is 1.87 bits per heavy atom. The van der Waals surface area contributed by atoms with Crippen LogP contribution < -0.4 is 0 Å². The monoisotopic (exact) mass is 546 g/mol. The molecule has 0 aliphatic heterocycles. The summed E-state index contributed by atoms with van der Waals surface area (Å²) >= 11 is 7.75. The van der Waals surface area contributed by atoms with Gasteiger partial charge in [-0.1, -0.05) is 71.2 Å². The first kappa shape index (κ1) is 24.3. The fourth-order valence-corrected chi connectivity index (χ4v) is 7.54. The van der Waals surface area contributed by atoms with E-state index in [1.54, 1.807) is 0 Å². The van der Waals surface area contributed by atoms with E-state index in [4.69, 9.17) is 9.47 Å². The van der Waals surface area contributed by atoms with Crippen molar-refractivity contribution in [1.29, 1.82) is 0 Å². The van der Waals surface area contributed by atoms with Crippen LogP contribution in [0.3, 0.4) is 0 Å². The average Bonchev–Trinajstić information content (AvgIpc) is 2.64. The second kappa shape index (κ2) is 8.53. The lowest BCUT2D eigenvalue weighted by Gasteiger charge is -2.61. The number of rotatable bonds is 4. The van der Waals surface area contributed by atoms with Gasteiger partial charge in [-0.05, 0) is 54.3 Å². The van der Waals surface area contributed by atoms with E-state index in [0.717, 1.165) is 32.1 Å². The molecule has 3 rings (SSSR count). The van der Waals surface area contributed by atoms with Crippen molar-refractivity contribution in [3.05, 3.63) is 11.6 Å². The first-order valence-electron chi connectivity index (χ1n) is 11.1. The van der Waals surface area contributed by atoms with Gasteiger partial charge in [0.15, 0.2) is 0 Å². The molecule has 4 nitrogen and oxygen atoms in total. The molecule has 2 fully saturated rings. The van der Waals surface area contributed by atoms with E-state index in [0.29, 0.717) is 17.4 Å². The molecule has 0 aromatic heterocycles. The van der Waals surface area contributed by atoms with E-state index < -0.39 is 0 Å². The van der Waals surface area contributed by atoms with Crippen LogP contribution in [0.25, 0.3) is 0 Å². The predicted molar refractivity (Wildman–Crippen MR) is 126 cm³/mol. The normalized spacial score (nSPS) is 41.0. The van der Waals surface area contributed by atoms with Crippen molar-refractivity contribution in [3.8, 4) is 0 Å². The van der Waals surface area contributed by atoms with Crippen molar-refractivity contribution in [2.24, 2.45) is 28.1 Å². The third kappa shape index (κ3) is 4.29. The average molecular weight is 548 g/mol. The number of carbonyl (C=O) groups excluding carboxylic acids is 2. The van der Waals surface area contributed by atoms with Gasteiger partial charge in [0.05, 0.1) is 4.83 Å². The molecule has 6 heteroatoms. The number of allylic oxidation sites excluding steroid dienone is 1. The third-order valence-electron chi connectivity index (χ3n) is 8.35. The van der Waals surface area contributed by atoms with Crippen LogP contribution in [-0.4, -0.2) is 34.3 Å². The van der Waals surface area contributed by atoms with Crippen molar-refractivity contribution in [2.45, 2.75) is 89.4 Å². The highest BCUT2D eigenvalue weighted by atomic mass is 79.9. The molecule has 3 aliphatic carbocycles. The zero-order valence-corrected chi connectivity index (χ0v) is 22.3. The first-order chi connectivity index (χ1) is 13.8. The largest absolute Gasteiger partial charge is 0.465 e. The van der Waals surface area contributed by atoms with E-state index in [9.17, 15) is 9.59 Å². The van der Waals surface area contributed by atoms with Gasteiger partial charge in [-0.15, -0.1) is 0 Å². The highest BCUT2D eigenvalue weighted by Gasteiger charge is 2.59. The quantitative estimate of drug-likeness (QED) is 0.239. The third-order valence-corrected chi connectivity index (χ3v) is 11.4. The molecule has 0 amide bonds. The van der Waals surface area contributed by atoms with Crippen molar-refractivity contribution in [3.63, 3.8) is 0 Å². The summed E-state index contributed by atoms with van der Waals surface area (Å²) in [5, 5.41) is 0. The summed E-state index contributed by atoms with van der Waals surface area (Å²) in [5.41, 5.74) is 1.69. The highest BCUT2D eigenvalue weighted by Crippen LogP contribution is 2.65. The Morgan fingerprint density at radius 3 is 2.47 bits per heavy atom. The standard InChI is InChI=1S/C24H36Br2O4/c1-14(27)29-13-21(26)23(5)9-7-17-16(12-23)18(30-15(2)28)11-19-22(3,4)20(25)8-10-24(17,19)6/h7,16,18-21H,8-13H2,1-6H3/t16-,18-,19-,20-,21?,23+,24+/m0/s1. The van der Waals surface area contributed by atoms with Gasteiger partial charge in [0.1, 0.15) is 12.7 Å². The maximum Gasteiger partial charge on any atom is 0.302 e. The molecule has 0 bridgehead atoms. The second-order valence-corrected chi connectivity index (χ2v) is 13.0. The minimum Gasteiger partial charge on any atom is -0.465 e. The number of carbonyl (C=O) groups is 2. The lowest BCUT2D eigenvalue weighted by molar-refractivity contribution is -0.158. The minimum absolute atomic E-state index is 0.0601. The predicted octanol–water partition coefficient (Wildman–Crippen LogP) is 6.20. The molecule has 0 aromatic carbocycles. The Bertz CT molecular complexity index is 733. The minimum atomic E-state index is -0.255. The van der Waals surface area contributed by atoms with E-state index in [1.807, 2.05) is 0 Å². The van der Waals surface area contributed by atoms with Crippen LogP contribution >= 0.6 is 31.9 Å². The number of alkyl halides is 2. The smallest absolute Gasteiger partial charge is 0.302 e. The lowest BCUT2D eigenvalue weighted by Crippen LogP contribution is -2.57. The first-order valence-corrected chi connectivity index (χ1v) is 12.9. The fraction of sp³-hybridized carbons (Fsp3) is 0.833. The molecule has 0 aromatic rings. The zero-order chi connectivity index (χ0) is 22.5. The molecular weight excluding hydrogens is 512 g/mol. The van der Waals surface area contributed by atoms with Crippen LogP contribution in [0.1, 0.15) is 73.6 Å². The topological polar surface area (TPSA) is 52.6 Å². The Kier molecular flexibility index (Phi) is 6.91. The summed E-state index contributed by atoms with van der Waals surface area (Å²) in [4.78, 5) is 23.8. The Hall–Kier alpha value is -0.360. The van der Waals surface area contributed by atoms with Crippen molar-refractivity contribution < 1.29 is 19.1 Å². The Morgan fingerprint density at radius 1 is 1.20 bits per heavy atom. The molecule has 0 N–H and O–H groups in total. The number of hydrogen-bond acceptors (Lipinski definition) is 4. The summed E-state index contributed by atoms with van der Waals surface area (Å²) in [7, 11) is 0. The molecule has 0 spiro atoms. The molecule has 0 saturated heterocycles. The molecule has 1 unspecified atom stereocenters. The number of ether oxygens (including phenoxy) is 2. The number of halogens is 2. The molecule has 30 heavy (non-hydrogen) atoms.